The van der Waals surface area contributed by atoms with Crippen LogP contribution in [0.2, 0.25) is 6.04 Å². The minimum absolute atomic E-state index is 0.267. The predicted octanol–water partition coefficient (Wildman–Crippen LogP) is -4.46. The largest absolute Gasteiger partial charge is 0.497 e. The molecule has 0 heterocycles. The van der Waals surface area contributed by atoms with Gasteiger partial charge in [-0.2, -0.15) is 0 Å². The lowest BCUT2D eigenvalue weighted by molar-refractivity contribution is -0.133. The van der Waals surface area contributed by atoms with Gasteiger partial charge in [0.1, 0.15) is 10.5 Å². The van der Waals surface area contributed by atoms with Gasteiger partial charge in [-0.15, -0.1) is 0 Å². The summed E-state index contributed by atoms with van der Waals surface area (Å²) in [4.78, 5) is 10.8. The Balaban J connectivity index is 3.40. The van der Waals surface area contributed by atoms with E-state index in [0.717, 1.165) is 23.0 Å². The number of carbonyl (C=O) groups is 1. The Hall–Kier alpha value is 0.571. The zero-order valence-electron chi connectivity index (χ0n) is 11.2. The standard InChI is InChI=1S/C5H22O7Si6/c1-3-4-18(7-5(2)6)12-17-11-16-10-15-9-14-8-13/h18H,3-4,14-17H2,1-2,13H3. The SMILES string of the molecule is CCC[SiH](O[SiH2]O[SiH2]O[SiH2]O[SiH2]O[SiH3])OC(C)=O. The molecule has 0 fully saturated rings. The van der Waals surface area contributed by atoms with Crippen LogP contribution in [0.15, 0.2) is 0 Å². The number of hydrogen-bond acceptors (Lipinski definition) is 7. The Morgan fingerprint density at radius 3 is 2.33 bits per heavy atom. The van der Waals surface area contributed by atoms with Gasteiger partial charge >= 0.3 is 9.28 Å². The van der Waals surface area contributed by atoms with Crippen molar-refractivity contribution in [1.29, 1.82) is 0 Å². The van der Waals surface area contributed by atoms with Crippen molar-refractivity contribution in [2.75, 3.05) is 0 Å². The van der Waals surface area contributed by atoms with Gasteiger partial charge in [0, 0.05) is 6.92 Å². The van der Waals surface area contributed by atoms with Gasteiger partial charge in [-0.3, -0.25) is 4.79 Å². The summed E-state index contributed by atoms with van der Waals surface area (Å²) in [6, 6.07) is 0.833. The summed E-state index contributed by atoms with van der Waals surface area (Å²) < 4.78 is 31.6. The summed E-state index contributed by atoms with van der Waals surface area (Å²) in [6.07, 6.45) is 0.957. The molecule has 0 N–H and O–H groups in total. The lowest BCUT2D eigenvalue weighted by atomic mass is 10.6. The highest BCUT2D eigenvalue weighted by Crippen LogP contribution is 2.00. The Labute approximate surface area is 122 Å². The van der Waals surface area contributed by atoms with Crippen molar-refractivity contribution in [3.8, 4) is 0 Å². The molecule has 0 aromatic carbocycles. The van der Waals surface area contributed by atoms with Crippen molar-refractivity contribution in [3.05, 3.63) is 0 Å². The molecule has 0 aromatic rings. The molecule has 0 aliphatic heterocycles. The van der Waals surface area contributed by atoms with E-state index in [0.29, 0.717) is 0 Å². The van der Waals surface area contributed by atoms with Crippen LogP contribution in [-0.2, 0) is 29.8 Å². The fraction of sp³-hybridized carbons (Fsp3) is 0.800. The number of carbonyl (C=O) groups excluding carboxylic acids is 1. The third-order valence-corrected chi connectivity index (χ3v) is 10.3. The summed E-state index contributed by atoms with van der Waals surface area (Å²) in [5, 5.41) is 0. The summed E-state index contributed by atoms with van der Waals surface area (Å²) in [6.45, 7) is 3.45. The van der Waals surface area contributed by atoms with Gasteiger partial charge in [0.15, 0.2) is 0 Å². The number of rotatable bonds is 12. The van der Waals surface area contributed by atoms with Crippen LogP contribution in [0.3, 0.4) is 0 Å². The Morgan fingerprint density at radius 1 is 1.17 bits per heavy atom. The molecule has 0 aromatic heterocycles. The average Bonchev–Trinajstić information content (AvgIpc) is 2.32. The molecule has 0 aliphatic carbocycles. The maximum Gasteiger partial charge on any atom is 0.376 e. The Bertz CT molecular complexity index is 209. The summed E-state index contributed by atoms with van der Waals surface area (Å²) in [5.74, 6) is -0.267. The van der Waals surface area contributed by atoms with Crippen LogP contribution < -0.4 is 0 Å². The van der Waals surface area contributed by atoms with Crippen molar-refractivity contribution >= 4 is 65.8 Å². The zero-order valence-corrected chi connectivity index (χ0v) is 20.0. The molecule has 0 saturated carbocycles. The highest BCUT2D eigenvalue weighted by Gasteiger charge is 2.15. The molecule has 0 aliphatic rings. The molecule has 0 radical (unpaired) electrons. The lowest BCUT2D eigenvalue weighted by Crippen LogP contribution is -2.28. The van der Waals surface area contributed by atoms with E-state index < -0.39 is 49.3 Å². The van der Waals surface area contributed by atoms with Gasteiger partial charge in [-0.05, 0) is 6.04 Å². The second-order valence-electron chi connectivity index (χ2n) is 3.37. The van der Waals surface area contributed by atoms with Crippen LogP contribution in [0.1, 0.15) is 20.3 Å². The van der Waals surface area contributed by atoms with Gasteiger partial charge in [-0.25, -0.2) is 0 Å². The highest BCUT2D eigenvalue weighted by molar-refractivity contribution is 6.55. The van der Waals surface area contributed by atoms with E-state index in [9.17, 15) is 4.79 Å². The minimum atomic E-state index is -1.84. The van der Waals surface area contributed by atoms with Crippen LogP contribution >= 0.6 is 0 Å². The molecule has 1 atom stereocenters. The molecule has 1 unspecified atom stereocenters. The highest BCUT2D eigenvalue weighted by atomic mass is 28.4. The molecular weight excluding hydrogens is 341 g/mol. The van der Waals surface area contributed by atoms with E-state index in [4.69, 9.17) is 25.0 Å². The molecule has 0 spiro atoms. The number of hydrogen-bond donors (Lipinski definition) is 0. The molecule has 7 nitrogen and oxygen atoms in total. The predicted molar refractivity (Wildman–Crippen MR) is 83.6 cm³/mol. The first-order valence-corrected chi connectivity index (χ1v) is 12.9. The van der Waals surface area contributed by atoms with Crippen LogP contribution in [0.4, 0.5) is 0 Å². The third-order valence-electron chi connectivity index (χ3n) is 1.69. The Morgan fingerprint density at radius 2 is 1.78 bits per heavy atom. The second kappa shape index (κ2) is 14.0. The van der Waals surface area contributed by atoms with Crippen molar-refractivity contribution < 1.29 is 29.8 Å². The first kappa shape index (κ1) is 18.6. The van der Waals surface area contributed by atoms with Gasteiger partial charge in [-0.1, -0.05) is 13.3 Å². The van der Waals surface area contributed by atoms with Gasteiger partial charge in [0.25, 0.3) is 46.0 Å². The maximum atomic E-state index is 10.8. The van der Waals surface area contributed by atoms with Crippen LogP contribution in [0, 0.1) is 0 Å². The van der Waals surface area contributed by atoms with E-state index >= 15 is 0 Å². The summed E-state index contributed by atoms with van der Waals surface area (Å²) in [7, 11) is -4.77. The van der Waals surface area contributed by atoms with E-state index in [-0.39, 0.29) is 5.97 Å². The Kier molecular flexibility index (Phi) is 14.4. The smallest absolute Gasteiger partial charge is 0.376 e. The molecule has 0 saturated heterocycles. The first-order valence-electron chi connectivity index (χ1n) is 5.71. The molecule has 0 rings (SSSR count). The second-order valence-corrected chi connectivity index (χ2v) is 14.5. The van der Waals surface area contributed by atoms with Gasteiger partial charge in [0.05, 0.1) is 0 Å². The van der Waals surface area contributed by atoms with E-state index in [1.807, 2.05) is 6.92 Å². The molecule has 13 heteroatoms. The molecule has 108 valence electrons. The third kappa shape index (κ3) is 13.0. The monoisotopic (exact) mass is 362 g/mol. The van der Waals surface area contributed by atoms with E-state index in [2.05, 4.69) is 0 Å². The van der Waals surface area contributed by atoms with E-state index in [1.165, 1.54) is 6.92 Å². The van der Waals surface area contributed by atoms with E-state index in [1.54, 1.807) is 0 Å². The van der Waals surface area contributed by atoms with Crippen molar-refractivity contribution in [2.45, 2.75) is 26.3 Å². The zero-order chi connectivity index (χ0) is 13.6. The fourth-order valence-corrected chi connectivity index (χ4v) is 10.8. The maximum absolute atomic E-state index is 10.8. The van der Waals surface area contributed by atoms with Crippen LogP contribution in [0.5, 0.6) is 0 Å². The van der Waals surface area contributed by atoms with Crippen LogP contribution in [-0.4, -0.2) is 65.8 Å². The average molecular weight is 363 g/mol. The van der Waals surface area contributed by atoms with Gasteiger partial charge in [0.2, 0.25) is 0 Å². The van der Waals surface area contributed by atoms with Gasteiger partial charge < -0.3 is 25.0 Å². The molecule has 18 heavy (non-hydrogen) atoms. The van der Waals surface area contributed by atoms with Crippen molar-refractivity contribution in [2.24, 2.45) is 0 Å². The first-order chi connectivity index (χ1) is 8.70. The normalized spacial score (nSPS) is 15.2. The van der Waals surface area contributed by atoms with Crippen molar-refractivity contribution in [1.82, 2.24) is 0 Å². The molecular formula is C5H22O7Si6. The quantitative estimate of drug-likeness (QED) is 0.256. The topological polar surface area (TPSA) is 72.5 Å². The molecule has 0 bridgehead atoms. The van der Waals surface area contributed by atoms with Crippen LogP contribution in [0.25, 0.3) is 0 Å². The van der Waals surface area contributed by atoms with Crippen molar-refractivity contribution in [3.63, 3.8) is 0 Å². The fourth-order valence-electron chi connectivity index (χ4n) is 1.02. The summed E-state index contributed by atoms with van der Waals surface area (Å²) in [5.41, 5.74) is 0. The summed E-state index contributed by atoms with van der Waals surface area (Å²) >= 11 is 0. The minimum Gasteiger partial charge on any atom is -0.497 e. The molecule has 0 amide bonds. The lowest BCUT2D eigenvalue weighted by Gasteiger charge is -2.15.